The Labute approximate surface area is 232 Å². The Morgan fingerprint density at radius 1 is 1.05 bits per heavy atom. The van der Waals surface area contributed by atoms with Gasteiger partial charge in [0, 0.05) is 54.4 Å². The van der Waals surface area contributed by atoms with Crippen molar-refractivity contribution in [1.29, 1.82) is 5.26 Å². The zero-order chi connectivity index (χ0) is 28.0. The van der Waals surface area contributed by atoms with Crippen LogP contribution in [0.25, 0.3) is 28.6 Å². The van der Waals surface area contributed by atoms with Gasteiger partial charge in [-0.15, -0.1) is 0 Å². The highest BCUT2D eigenvalue weighted by Crippen LogP contribution is 2.37. The summed E-state index contributed by atoms with van der Waals surface area (Å²) < 4.78 is 1.81. The highest BCUT2D eigenvalue weighted by atomic mass is 16.2. The number of hydrogen-bond donors (Lipinski definition) is 2. The molecule has 200 valence electrons. The van der Waals surface area contributed by atoms with Crippen molar-refractivity contribution in [3.8, 4) is 23.0 Å². The SMILES string of the molecule is Cc1[nH]c(C=C2C(=O)Nc3ccc(-c4ccnn4-c4ccc(C#N)cc4)cc32)c(C)c1C(=O)N1CCN(C)CC1. The van der Waals surface area contributed by atoms with Crippen LogP contribution in [0.1, 0.15) is 38.4 Å². The molecule has 4 heterocycles. The second kappa shape index (κ2) is 9.98. The van der Waals surface area contributed by atoms with E-state index in [9.17, 15) is 9.59 Å². The van der Waals surface area contributed by atoms with E-state index in [0.717, 1.165) is 58.2 Å². The minimum Gasteiger partial charge on any atom is -0.358 e. The summed E-state index contributed by atoms with van der Waals surface area (Å²) in [5, 5.41) is 16.6. The molecule has 2 aromatic heterocycles. The lowest BCUT2D eigenvalue weighted by atomic mass is 10.0. The maximum Gasteiger partial charge on any atom is 0.256 e. The molecule has 0 saturated carbocycles. The smallest absolute Gasteiger partial charge is 0.256 e. The van der Waals surface area contributed by atoms with Crippen LogP contribution in [0.3, 0.4) is 0 Å². The zero-order valence-electron chi connectivity index (χ0n) is 22.7. The summed E-state index contributed by atoms with van der Waals surface area (Å²) in [5.41, 5.74) is 8.29. The van der Waals surface area contributed by atoms with Gasteiger partial charge in [-0.05, 0) is 75.0 Å². The van der Waals surface area contributed by atoms with Gasteiger partial charge in [0.1, 0.15) is 0 Å². The second-order valence-corrected chi connectivity index (χ2v) is 10.3. The second-order valence-electron chi connectivity index (χ2n) is 10.3. The van der Waals surface area contributed by atoms with E-state index in [2.05, 4.69) is 33.4 Å². The fraction of sp³-hybridized carbons (Fsp3) is 0.226. The molecule has 2 aliphatic rings. The fourth-order valence-corrected chi connectivity index (χ4v) is 5.45. The van der Waals surface area contributed by atoms with Crippen molar-refractivity contribution in [2.24, 2.45) is 0 Å². The first-order valence-electron chi connectivity index (χ1n) is 13.2. The molecule has 0 spiro atoms. The third-order valence-corrected chi connectivity index (χ3v) is 7.75. The normalized spacial score (nSPS) is 16.2. The van der Waals surface area contributed by atoms with E-state index in [1.54, 1.807) is 18.3 Å². The summed E-state index contributed by atoms with van der Waals surface area (Å²) >= 11 is 0. The number of nitrogens with one attached hydrogen (secondary N) is 2. The molecule has 2 amide bonds. The quantitative estimate of drug-likeness (QED) is 0.383. The minimum atomic E-state index is -0.189. The van der Waals surface area contributed by atoms with E-state index in [0.29, 0.717) is 29.8 Å². The summed E-state index contributed by atoms with van der Waals surface area (Å²) in [7, 11) is 2.07. The number of carbonyl (C=O) groups excluding carboxylic acids is 2. The van der Waals surface area contributed by atoms with Crippen molar-refractivity contribution in [2.75, 3.05) is 38.5 Å². The average molecular weight is 532 g/mol. The summed E-state index contributed by atoms with van der Waals surface area (Å²) in [4.78, 5) is 33.9. The number of benzene rings is 2. The van der Waals surface area contributed by atoms with Crippen molar-refractivity contribution in [3.05, 3.63) is 88.4 Å². The zero-order valence-corrected chi connectivity index (χ0v) is 22.7. The van der Waals surface area contributed by atoms with Crippen molar-refractivity contribution in [2.45, 2.75) is 13.8 Å². The number of amides is 2. The molecule has 6 rings (SSSR count). The topological polar surface area (TPSA) is 110 Å². The number of nitriles is 1. The van der Waals surface area contributed by atoms with Gasteiger partial charge in [-0.25, -0.2) is 4.68 Å². The van der Waals surface area contributed by atoms with Gasteiger partial charge in [-0.1, -0.05) is 6.07 Å². The average Bonchev–Trinajstić information content (AvgIpc) is 3.64. The van der Waals surface area contributed by atoms with Crippen LogP contribution in [0.4, 0.5) is 5.69 Å². The molecule has 0 aliphatic carbocycles. The largest absolute Gasteiger partial charge is 0.358 e. The molecule has 0 bridgehead atoms. The molecule has 1 fully saturated rings. The molecule has 2 N–H and O–H groups in total. The fourth-order valence-electron chi connectivity index (χ4n) is 5.45. The summed E-state index contributed by atoms with van der Waals surface area (Å²) in [6, 6.07) is 17.1. The van der Waals surface area contributed by atoms with Crippen molar-refractivity contribution < 1.29 is 9.59 Å². The van der Waals surface area contributed by atoms with E-state index >= 15 is 0 Å². The summed E-state index contributed by atoms with van der Waals surface area (Å²) in [6.45, 7) is 6.95. The standard InChI is InChI=1S/C31H29N7O2/c1-19-27(34-20(2)29(19)31(40)37-14-12-36(3)13-15-37)17-25-24-16-22(6-9-26(24)35-30(25)39)28-10-11-33-38(28)23-7-4-21(18-32)5-8-23/h4-11,16-17,34H,12-15H2,1-3H3,(H,35,39). The lowest BCUT2D eigenvalue weighted by Crippen LogP contribution is -2.47. The molecule has 9 heteroatoms. The van der Waals surface area contributed by atoms with Crippen molar-refractivity contribution >= 4 is 29.2 Å². The van der Waals surface area contributed by atoms with E-state index in [-0.39, 0.29) is 11.8 Å². The maximum absolute atomic E-state index is 13.4. The first kappa shape index (κ1) is 25.3. The van der Waals surface area contributed by atoms with Crippen LogP contribution < -0.4 is 5.32 Å². The minimum absolute atomic E-state index is 0.0265. The monoisotopic (exact) mass is 531 g/mol. The van der Waals surface area contributed by atoms with Crippen LogP contribution >= 0.6 is 0 Å². The van der Waals surface area contributed by atoms with Gasteiger partial charge in [0.2, 0.25) is 0 Å². The van der Waals surface area contributed by atoms with Gasteiger partial charge in [-0.3, -0.25) is 9.59 Å². The third-order valence-electron chi connectivity index (χ3n) is 7.75. The number of H-pyrrole nitrogens is 1. The molecule has 0 atom stereocenters. The molecule has 40 heavy (non-hydrogen) atoms. The van der Waals surface area contributed by atoms with Crippen LogP contribution in [0, 0.1) is 25.2 Å². The van der Waals surface area contributed by atoms with Crippen LogP contribution in [0.2, 0.25) is 0 Å². The number of aromatic nitrogens is 3. The Morgan fingerprint density at radius 3 is 2.52 bits per heavy atom. The summed E-state index contributed by atoms with van der Waals surface area (Å²) in [5.74, 6) is -0.162. The Morgan fingerprint density at radius 2 is 1.80 bits per heavy atom. The Hall–Kier alpha value is -4.94. The Kier molecular flexibility index (Phi) is 6.33. The third kappa shape index (κ3) is 4.38. The van der Waals surface area contributed by atoms with E-state index in [1.807, 2.05) is 65.9 Å². The lowest BCUT2D eigenvalue weighted by Gasteiger charge is -2.32. The van der Waals surface area contributed by atoms with Crippen LogP contribution in [0.5, 0.6) is 0 Å². The highest BCUT2D eigenvalue weighted by Gasteiger charge is 2.28. The molecular weight excluding hydrogens is 502 g/mol. The predicted molar refractivity (Wildman–Crippen MR) is 154 cm³/mol. The molecule has 9 nitrogen and oxygen atoms in total. The van der Waals surface area contributed by atoms with Crippen molar-refractivity contribution in [1.82, 2.24) is 24.6 Å². The number of likely N-dealkylation sites (N-methyl/N-ethyl adjacent to an activating group) is 1. The molecule has 0 radical (unpaired) electrons. The number of carbonyl (C=O) groups is 2. The number of fused-ring (bicyclic) bond motifs is 1. The van der Waals surface area contributed by atoms with Gasteiger partial charge in [0.05, 0.1) is 40.3 Å². The number of hydrogen-bond acceptors (Lipinski definition) is 5. The Balaban J connectivity index is 1.35. The first-order valence-corrected chi connectivity index (χ1v) is 13.2. The molecule has 0 unspecified atom stereocenters. The van der Waals surface area contributed by atoms with Gasteiger partial charge in [0.25, 0.3) is 11.8 Å². The van der Waals surface area contributed by atoms with Gasteiger partial charge < -0.3 is 20.1 Å². The predicted octanol–water partition coefficient (Wildman–Crippen LogP) is 4.24. The van der Waals surface area contributed by atoms with E-state index in [4.69, 9.17) is 5.26 Å². The maximum atomic E-state index is 13.4. The molecule has 2 aromatic carbocycles. The number of piperazine rings is 1. The van der Waals surface area contributed by atoms with Gasteiger partial charge >= 0.3 is 0 Å². The molecular formula is C31H29N7O2. The van der Waals surface area contributed by atoms with Crippen molar-refractivity contribution in [3.63, 3.8) is 0 Å². The molecule has 2 aliphatic heterocycles. The van der Waals surface area contributed by atoms with E-state index in [1.165, 1.54) is 0 Å². The van der Waals surface area contributed by atoms with Crippen LogP contribution in [0.15, 0.2) is 54.7 Å². The highest BCUT2D eigenvalue weighted by molar-refractivity contribution is 6.35. The van der Waals surface area contributed by atoms with Crippen LogP contribution in [-0.4, -0.2) is 69.6 Å². The lowest BCUT2D eigenvalue weighted by molar-refractivity contribution is -0.110. The molecule has 1 saturated heterocycles. The van der Waals surface area contributed by atoms with Crippen LogP contribution in [-0.2, 0) is 4.79 Å². The van der Waals surface area contributed by atoms with Gasteiger partial charge in [-0.2, -0.15) is 10.4 Å². The Bertz CT molecular complexity index is 1710. The molecule has 4 aromatic rings. The number of anilines is 1. The first-order chi connectivity index (χ1) is 19.3. The van der Waals surface area contributed by atoms with Gasteiger partial charge in [0.15, 0.2) is 0 Å². The number of aryl methyl sites for hydroxylation is 1. The number of nitrogens with zero attached hydrogens (tertiary/aromatic N) is 5. The summed E-state index contributed by atoms with van der Waals surface area (Å²) in [6.07, 6.45) is 3.57. The van der Waals surface area contributed by atoms with E-state index < -0.39 is 0 Å². The number of rotatable bonds is 4. The number of aromatic amines is 1.